The van der Waals surface area contributed by atoms with Crippen LogP contribution in [-0.2, 0) is 6.42 Å². The zero-order valence-electron chi connectivity index (χ0n) is 12.2. The number of nitrogens with zero attached hydrogens (tertiary/aromatic N) is 2. The minimum absolute atomic E-state index is 0.123. The van der Waals surface area contributed by atoms with Gasteiger partial charge < -0.3 is 9.72 Å². The van der Waals surface area contributed by atoms with Crippen molar-refractivity contribution in [1.82, 2.24) is 14.7 Å². The van der Waals surface area contributed by atoms with Crippen molar-refractivity contribution in [3.63, 3.8) is 0 Å². The van der Waals surface area contributed by atoms with Crippen molar-refractivity contribution < 1.29 is 4.79 Å². The number of pyridine rings is 1. The lowest BCUT2D eigenvalue weighted by atomic mass is 10.2. The summed E-state index contributed by atoms with van der Waals surface area (Å²) in [6, 6.07) is 12.9. The summed E-state index contributed by atoms with van der Waals surface area (Å²) in [7, 11) is 0. The third kappa shape index (κ3) is 3.12. The average molecular weight is 314 g/mol. The van der Waals surface area contributed by atoms with Crippen LogP contribution in [0.1, 0.15) is 21.7 Å². The number of hydrogen-bond donors (Lipinski definition) is 1. The van der Waals surface area contributed by atoms with Crippen LogP contribution in [0.2, 0.25) is 5.02 Å². The normalized spacial score (nSPS) is 10.8. The van der Waals surface area contributed by atoms with Crippen LogP contribution in [0.15, 0.2) is 48.7 Å². The average Bonchev–Trinajstić information content (AvgIpc) is 2.91. The predicted octanol–water partition coefficient (Wildman–Crippen LogP) is 3.27. The van der Waals surface area contributed by atoms with Crippen molar-refractivity contribution in [2.75, 3.05) is 6.54 Å². The number of fused-ring (bicyclic) bond motifs is 1. The van der Waals surface area contributed by atoms with Crippen molar-refractivity contribution in [2.24, 2.45) is 0 Å². The summed E-state index contributed by atoms with van der Waals surface area (Å²) in [5.74, 6) is -0.123. The van der Waals surface area contributed by atoms with Gasteiger partial charge in [-0.15, -0.1) is 0 Å². The monoisotopic (exact) mass is 313 g/mol. The maximum atomic E-state index is 12.0. The lowest BCUT2D eigenvalue weighted by Crippen LogP contribution is -2.25. The van der Waals surface area contributed by atoms with Crippen LogP contribution in [0.3, 0.4) is 0 Å². The molecule has 1 amide bonds. The Hall–Kier alpha value is -2.33. The van der Waals surface area contributed by atoms with E-state index in [2.05, 4.69) is 10.3 Å². The molecule has 0 aliphatic heterocycles. The molecule has 3 aromatic rings. The van der Waals surface area contributed by atoms with Crippen LogP contribution in [-0.4, -0.2) is 21.8 Å². The molecule has 2 aromatic heterocycles. The fraction of sp³-hybridized carbons (Fsp3) is 0.176. The molecule has 0 atom stereocenters. The predicted molar refractivity (Wildman–Crippen MR) is 87.4 cm³/mol. The molecule has 4 nitrogen and oxygen atoms in total. The highest BCUT2D eigenvalue weighted by Gasteiger charge is 2.07. The van der Waals surface area contributed by atoms with Gasteiger partial charge in [0.05, 0.1) is 5.69 Å². The van der Waals surface area contributed by atoms with E-state index in [0.717, 1.165) is 17.0 Å². The molecule has 112 valence electrons. The van der Waals surface area contributed by atoms with Crippen molar-refractivity contribution in [1.29, 1.82) is 0 Å². The van der Waals surface area contributed by atoms with Gasteiger partial charge in [-0.3, -0.25) is 4.79 Å². The first-order valence-electron chi connectivity index (χ1n) is 7.11. The summed E-state index contributed by atoms with van der Waals surface area (Å²) in [5, 5.41) is 3.45. The molecule has 0 saturated heterocycles. The summed E-state index contributed by atoms with van der Waals surface area (Å²) < 4.78 is 2.05. The Morgan fingerprint density at radius 3 is 2.86 bits per heavy atom. The van der Waals surface area contributed by atoms with Crippen LogP contribution >= 0.6 is 11.6 Å². The van der Waals surface area contributed by atoms with E-state index in [1.807, 2.05) is 35.7 Å². The third-order valence-corrected chi connectivity index (χ3v) is 3.73. The van der Waals surface area contributed by atoms with Crippen LogP contribution in [0.25, 0.3) is 5.65 Å². The van der Waals surface area contributed by atoms with Gasteiger partial charge >= 0.3 is 0 Å². The largest absolute Gasteiger partial charge is 0.352 e. The van der Waals surface area contributed by atoms with Gasteiger partial charge in [0.1, 0.15) is 5.65 Å². The molecule has 0 saturated carbocycles. The Labute approximate surface area is 133 Å². The zero-order chi connectivity index (χ0) is 15.5. The zero-order valence-corrected chi connectivity index (χ0v) is 13.0. The molecule has 0 bridgehead atoms. The van der Waals surface area contributed by atoms with Crippen molar-refractivity contribution in [3.05, 3.63) is 70.6 Å². The summed E-state index contributed by atoms with van der Waals surface area (Å²) in [4.78, 5) is 16.6. The van der Waals surface area contributed by atoms with Gasteiger partial charge in [-0.05, 0) is 37.3 Å². The fourth-order valence-electron chi connectivity index (χ4n) is 2.36. The number of aryl methyl sites for hydroxylation is 1. The summed E-state index contributed by atoms with van der Waals surface area (Å²) in [6.45, 7) is 2.58. The molecular formula is C17H16ClN3O. The summed E-state index contributed by atoms with van der Waals surface area (Å²) in [5.41, 5.74) is 3.59. The molecule has 1 aromatic carbocycles. The van der Waals surface area contributed by atoms with Crippen LogP contribution in [0.5, 0.6) is 0 Å². The molecule has 0 spiro atoms. The van der Waals surface area contributed by atoms with Gasteiger partial charge in [0, 0.05) is 35.4 Å². The van der Waals surface area contributed by atoms with Crippen LogP contribution < -0.4 is 5.32 Å². The molecule has 0 radical (unpaired) electrons. The highest BCUT2D eigenvalue weighted by molar-refractivity contribution is 6.30. The summed E-state index contributed by atoms with van der Waals surface area (Å²) >= 11 is 5.89. The van der Waals surface area contributed by atoms with E-state index in [4.69, 9.17) is 11.6 Å². The Morgan fingerprint density at radius 1 is 1.27 bits per heavy atom. The van der Waals surface area contributed by atoms with E-state index < -0.39 is 0 Å². The third-order valence-electron chi connectivity index (χ3n) is 3.50. The maximum absolute atomic E-state index is 12.0. The molecular weight excluding hydrogens is 298 g/mol. The number of hydrogen-bond acceptors (Lipinski definition) is 2. The van der Waals surface area contributed by atoms with E-state index in [1.54, 1.807) is 24.3 Å². The number of amides is 1. The van der Waals surface area contributed by atoms with E-state index in [-0.39, 0.29) is 5.91 Å². The molecule has 0 aliphatic carbocycles. The van der Waals surface area contributed by atoms with Crippen LogP contribution in [0.4, 0.5) is 0 Å². The number of aromatic nitrogens is 2. The number of imidazole rings is 1. The SMILES string of the molecule is Cc1cccc2nc(CCNC(=O)c3cccc(Cl)c3)cn12. The van der Waals surface area contributed by atoms with Gasteiger partial charge in [0.25, 0.3) is 5.91 Å². The first-order chi connectivity index (χ1) is 10.6. The van der Waals surface area contributed by atoms with Crippen molar-refractivity contribution in [2.45, 2.75) is 13.3 Å². The van der Waals surface area contributed by atoms with Gasteiger partial charge in [-0.2, -0.15) is 0 Å². The van der Waals surface area contributed by atoms with E-state index in [1.165, 1.54) is 0 Å². The Kier molecular flexibility index (Phi) is 4.11. The minimum atomic E-state index is -0.123. The fourth-order valence-corrected chi connectivity index (χ4v) is 2.55. The van der Waals surface area contributed by atoms with Crippen molar-refractivity contribution >= 4 is 23.2 Å². The molecule has 0 unspecified atom stereocenters. The Morgan fingerprint density at radius 2 is 2.09 bits per heavy atom. The lowest BCUT2D eigenvalue weighted by molar-refractivity contribution is 0.0954. The quantitative estimate of drug-likeness (QED) is 0.803. The topological polar surface area (TPSA) is 46.4 Å². The molecule has 0 aliphatic rings. The number of carbonyl (C=O) groups excluding carboxylic acids is 1. The van der Waals surface area contributed by atoms with Gasteiger partial charge in [-0.1, -0.05) is 23.7 Å². The number of rotatable bonds is 4. The van der Waals surface area contributed by atoms with E-state index in [9.17, 15) is 4.79 Å². The molecule has 3 rings (SSSR count). The number of halogens is 1. The molecule has 22 heavy (non-hydrogen) atoms. The Bertz CT molecular complexity index is 826. The van der Waals surface area contributed by atoms with Gasteiger partial charge in [0.15, 0.2) is 0 Å². The minimum Gasteiger partial charge on any atom is -0.352 e. The smallest absolute Gasteiger partial charge is 0.251 e. The van der Waals surface area contributed by atoms with Crippen molar-refractivity contribution in [3.8, 4) is 0 Å². The molecule has 5 heteroatoms. The summed E-state index contributed by atoms with van der Waals surface area (Å²) in [6.07, 6.45) is 2.70. The second-order valence-corrected chi connectivity index (χ2v) is 5.58. The molecule has 0 fully saturated rings. The second kappa shape index (κ2) is 6.20. The number of nitrogens with one attached hydrogen (secondary N) is 1. The first kappa shape index (κ1) is 14.6. The van der Waals surface area contributed by atoms with E-state index in [0.29, 0.717) is 23.6 Å². The lowest BCUT2D eigenvalue weighted by Gasteiger charge is -2.04. The Balaban J connectivity index is 1.62. The van der Waals surface area contributed by atoms with Gasteiger partial charge in [0.2, 0.25) is 0 Å². The highest BCUT2D eigenvalue weighted by Crippen LogP contribution is 2.11. The first-order valence-corrected chi connectivity index (χ1v) is 7.48. The second-order valence-electron chi connectivity index (χ2n) is 5.14. The van der Waals surface area contributed by atoms with Crippen LogP contribution in [0, 0.1) is 6.92 Å². The highest BCUT2D eigenvalue weighted by atomic mass is 35.5. The standard InChI is InChI=1S/C17H16ClN3O/c1-12-4-2-7-16-20-15(11-21(12)16)8-9-19-17(22)13-5-3-6-14(18)10-13/h2-7,10-11H,8-9H2,1H3,(H,19,22). The van der Waals surface area contributed by atoms with Gasteiger partial charge in [-0.25, -0.2) is 4.98 Å². The molecule has 1 N–H and O–H groups in total. The number of benzene rings is 1. The molecule has 2 heterocycles. The number of carbonyl (C=O) groups is 1. The maximum Gasteiger partial charge on any atom is 0.251 e. The van der Waals surface area contributed by atoms with E-state index >= 15 is 0 Å².